The van der Waals surface area contributed by atoms with Gasteiger partial charge in [0.2, 0.25) is 0 Å². The quantitative estimate of drug-likeness (QED) is 0.740. The molecule has 1 saturated heterocycles. The third kappa shape index (κ3) is 3.86. The Kier molecular flexibility index (Phi) is 3.99. The predicted octanol–water partition coefficient (Wildman–Crippen LogP) is 1.93. The maximum atomic E-state index is 11.4. The molecule has 1 fully saturated rings. The van der Waals surface area contributed by atoms with E-state index in [-0.39, 0.29) is 12.4 Å². The van der Waals surface area contributed by atoms with Crippen LogP contribution in [0.25, 0.3) is 0 Å². The van der Waals surface area contributed by atoms with Gasteiger partial charge in [0.05, 0.1) is 29.3 Å². The van der Waals surface area contributed by atoms with E-state index in [9.17, 15) is 13.7 Å². The van der Waals surface area contributed by atoms with Gasteiger partial charge < -0.3 is 18.2 Å². The van der Waals surface area contributed by atoms with Crippen LogP contribution in [-0.4, -0.2) is 41.3 Å². The van der Waals surface area contributed by atoms with E-state index in [0.717, 1.165) is 0 Å². The second-order valence-corrected chi connectivity index (χ2v) is 6.97. The van der Waals surface area contributed by atoms with Gasteiger partial charge in [-0.3, -0.25) is 8.75 Å². The lowest BCUT2D eigenvalue weighted by molar-refractivity contribution is 0.122. The molecule has 1 heterocycles. The van der Waals surface area contributed by atoms with Crippen molar-refractivity contribution in [2.45, 2.75) is 12.5 Å². The highest BCUT2D eigenvalue weighted by Gasteiger charge is 2.33. The molecule has 2 unspecified atom stereocenters. The van der Waals surface area contributed by atoms with Gasteiger partial charge in [-0.15, -0.1) is 0 Å². The van der Waals surface area contributed by atoms with E-state index < -0.39 is 24.6 Å². The Morgan fingerprint density at radius 2 is 2.21 bits per heavy atom. The maximum Gasteiger partial charge on any atom is 0.327 e. The smallest absolute Gasteiger partial charge is 0.312 e. The Morgan fingerprint density at radius 1 is 1.57 bits per heavy atom. The van der Waals surface area contributed by atoms with Gasteiger partial charge in [0.25, 0.3) is 0 Å². The lowest BCUT2D eigenvalue weighted by Gasteiger charge is -2.35. The summed E-state index contributed by atoms with van der Waals surface area (Å²) in [5.41, 5.74) is 0. The third-order valence-electron chi connectivity index (χ3n) is 1.79. The molecule has 1 aliphatic rings. The fraction of sp³-hybridized carbons (Fsp3) is 1.00. The summed E-state index contributed by atoms with van der Waals surface area (Å²) in [5, 5.41) is 0. The summed E-state index contributed by atoms with van der Waals surface area (Å²) in [6.07, 6.45) is 0.00128. The first-order valence-corrected chi connectivity index (χ1v) is 7.70. The Labute approximate surface area is 84.6 Å². The molecule has 86 valence electrons. The van der Waals surface area contributed by atoms with E-state index in [0.29, 0.717) is 6.42 Å². The van der Waals surface area contributed by atoms with Crippen molar-refractivity contribution in [1.82, 2.24) is 0 Å². The first kappa shape index (κ1) is 12.4. The van der Waals surface area contributed by atoms with Crippen molar-refractivity contribution >= 4 is 18.5 Å². The fourth-order valence-corrected chi connectivity index (χ4v) is 3.17. The molecule has 6 nitrogen and oxygen atoms in total. The van der Waals surface area contributed by atoms with Gasteiger partial charge in [-0.25, -0.2) is 0 Å². The van der Waals surface area contributed by atoms with Crippen LogP contribution in [0.4, 0.5) is 0 Å². The molecule has 2 N–H and O–H groups in total. The first-order valence-electron chi connectivity index (χ1n) is 4.06. The summed E-state index contributed by atoms with van der Waals surface area (Å²) in [5.74, 6) is -0.0474. The number of hydrogen-bond acceptors (Lipinski definition) is 6. The van der Waals surface area contributed by atoms with Crippen LogP contribution in [0.15, 0.2) is 0 Å². The minimum atomic E-state index is -3.06. The van der Waals surface area contributed by atoms with E-state index in [4.69, 9.17) is 8.71 Å². The van der Waals surface area contributed by atoms with Crippen LogP contribution >= 0.6 is 18.5 Å². The van der Waals surface area contributed by atoms with Crippen LogP contribution in [0.2, 0.25) is 0 Å². The van der Waals surface area contributed by atoms with Crippen LogP contribution in [0.3, 0.4) is 0 Å². The van der Waals surface area contributed by atoms with Crippen molar-refractivity contribution in [2.75, 3.05) is 26.1 Å². The highest BCUT2D eigenvalue weighted by molar-refractivity contribution is 8.20. The van der Waals surface area contributed by atoms with E-state index >= 15 is 0 Å². The highest BCUT2D eigenvalue weighted by Crippen LogP contribution is 2.50. The molecule has 2 atom stereocenters. The Bertz CT molecular complexity index is 244. The SMILES string of the molecule is COP(C)(=O)OC1CCOS(O)(O)C1. The Morgan fingerprint density at radius 3 is 2.71 bits per heavy atom. The van der Waals surface area contributed by atoms with Crippen LogP contribution in [0, 0.1) is 0 Å². The van der Waals surface area contributed by atoms with Crippen molar-refractivity contribution < 1.29 is 26.9 Å². The van der Waals surface area contributed by atoms with E-state index in [1.165, 1.54) is 13.8 Å². The van der Waals surface area contributed by atoms with Gasteiger partial charge in [0, 0.05) is 13.8 Å². The normalized spacial score (nSPS) is 33.3. The Hall–Kier alpha value is 0.380. The average Bonchev–Trinajstić information content (AvgIpc) is 2.01. The highest BCUT2D eigenvalue weighted by atomic mass is 32.3. The van der Waals surface area contributed by atoms with Crippen molar-refractivity contribution in [3.63, 3.8) is 0 Å². The molecule has 0 aromatic heterocycles. The van der Waals surface area contributed by atoms with Gasteiger partial charge >= 0.3 is 7.60 Å². The fourth-order valence-electron chi connectivity index (χ4n) is 1.08. The summed E-state index contributed by atoms with van der Waals surface area (Å²) in [6.45, 7) is 1.53. The van der Waals surface area contributed by atoms with Gasteiger partial charge in [-0.05, 0) is 6.42 Å². The first-order chi connectivity index (χ1) is 6.35. The molecule has 0 saturated carbocycles. The van der Waals surface area contributed by atoms with Gasteiger partial charge in [0.1, 0.15) is 0 Å². The second kappa shape index (κ2) is 4.49. The summed E-state index contributed by atoms with van der Waals surface area (Å²) in [7, 11) is -4.79. The minimum absolute atomic E-state index is 0.0474. The number of rotatable bonds is 3. The molecule has 8 heteroatoms. The molecule has 14 heavy (non-hydrogen) atoms. The summed E-state index contributed by atoms with van der Waals surface area (Å²) in [4.78, 5) is 0. The maximum absolute atomic E-state index is 11.4. The van der Waals surface area contributed by atoms with Crippen LogP contribution in [0.1, 0.15) is 6.42 Å². The van der Waals surface area contributed by atoms with Gasteiger partial charge in [0.15, 0.2) is 0 Å². The zero-order valence-corrected chi connectivity index (χ0v) is 9.79. The molecule has 0 aromatic rings. The van der Waals surface area contributed by atoms with Crippen LogP contribution in [0.5, 0.6) is 0 Å². The van der Waals surface area contributed by atoms with E-state index in [2.05, 4.69) is 4.52 Å². The predicted molar refractivity (Wildman–Crippen MR) is 53.7 cm³/mol. The number of hydrogen-bond donors (Lipinski definition) is 2. The van der Waals surface area contributed by atoms with Crippen molar-refractivity contribution in [2.24, 2.45) is 0 Å². The summed E-state index contributed by atoms with van der Waals surface area (Å²) < 4.78 is 44.4. The lowest BCUT2D eigenvalue weighted by Crippen LogP contribution is -2.29. The van der Waals surface area contributed by atoms with Gasteiger partial charge in [-0.1, -0.05) is 0 Å². The molecular formula is C6H15O6PS. The lowest BCUT2D eigenvalue weighted by atomic mass is 10.3. The largest absolute Gasteiger partial charge is 0.327 e. The van der Waals surface area contributed by atoms with Crippen molar-refractivity contribution in [1.29, 1.82) is 0 Å². The second-order valence-electron chi connectivity index (χ2n) is 3.07. The molecule has 0 amide bonds. The summed E-state index contributed by atoms with van der Waals surface area (Å²) in [6, 6.07) is 0. The molecule has 0 aliphatic carbocycles. The third-order valence-corrected chi connectivity index (χ3v) is 4.48. The molecule has 0 radical (unpaired) electrons. The molecule has 0 aromatic carbocycles. The standard InChI is InChI=1S/C6H15O6PS/c1-10-13(2,7)12-6-3-4-11-14(8,9)5-6/h6,8-9H,3-5H2,1-2H3. The monoisotopic (exact) mass is 246 g/mol. The van der Waals surface area contributed by atoms with Crippen LogP contribution in [-0.2, 0) is 17.8 Å². The minimum Gasteiger partial charge on any atom is -0.312 e. The molecule has 0 spiro atoms. The molecular weight excluding hydrogens is 231 g/mol. The average molecular weight is 246 g/mol. The zero-order chi connectivity index (χ0) is 10.8. The van der Waals surface area contributed by atoms with Crippen molar-refractivity contribution in [3.8, 4) is 0 Å². The van der Waals surface area contributed by atoms with E-state index in [1.807, 2.05) is 0 Å². The Balaban J connectivity index is 2.50. The summed E-state index contributed by atoms with van der Waals surface area (Å²) >= 11 is 0. The van der Waals surface area contributed by atoms with Gasteiger partial charge in [-0.2, -0.15) is 0 Å². The molecule has 0 bridgehead atoms. The van der Waals surface area contributed by atoms with Crippen molar-refractivity contribution in [3.05, 3.63) is 0 Å². The molecule has 1 aliphatic heterocycles. The van der Waals surface area contributed by atoms with Crippen LogP contribution < -0.4 is 0 Å². The zero-order valence-electron chi connectivity index (χ0n) is 8.08. The molecule has 1 rings (SSSR count). The van der Waals surface area contributed by atoms with E-state index in [1.54, 1.807) is 0 Å². The topological polar surface area (TPSA) is 85.2 Å².